The van der Waals surface area contributed by atoms with Crippen molar-refractivity contribution >= 4 is 10.9 Å². The van der Waals surface area contributed by atoms with E-state index in [1.54, 1.807) is 7.11 Å². The lowest BCUT2D eigenvalue weighted by Gasteiger charge is -2.38. The van der Waals surface area contributed by atoms with Gasteiger partial charge in [-0.15, -0.1) is 0 Å². The van der Waals surface area contributed by atoms with Crippen molar-refractivity contribution in [3.05, 3.63) is 30.0 Å². The van der Waals surface area contributed by atoms with E-state index in [1.165, 1.54) is 10.9 Å². The average Bonchev–Trinajstić information content (AvgIpc) is 2.84. The van der Waals surface area contributed by atoms with Crippen LogP contribution in [-0.4, -0.2) is 47.0 Å². The molecule has 2 heterocycles. The molecule has 2 N–H and O–H groups in total. The molecule has 1 aromatic carbocycles. The normalized spacial score (nSPS) is 23.8. The number of methoxy groups -OCH3 is 1. The van der Waals surface area contributed by atoms with Crippen LogP contribution in [-0.2, 0) is 18.3 Å². The van der Waals surface area contributed by atoms with E-state index in [2.05, 4.69) is 29.2 Å². The maximum absolute atomic E-state index is 5.96. The summed E-state index contributed by atoms with van der Waals surface area (Å²) in [5.74, 6) is 0. The summed E-state index contributed by atoms with van der Waals surface area (Å²) < 4.78 is 7.46. The van der Waals surface area contributed by atoms with Crippen LogP contribution in [0.2, 0.25) is 0 Å². The summed E-state index contributed by atoms with van der Waals surface area (Å²) >= 11 is 0. The second-order valence-corrected chi connectivity index (χ2v) is 5.83. The van der Waals surface area contributed by atoms with E-state index < -0.39 is 0 Å². The molecule has 3 rings (SSSR count). The molecule has 2 unspecified atom stereocenters. The van der Waals surface area contributed by atoms with Crippen LogP contribution < -0.4 is 5.73 Å². The maximum atomic E-state index is 5.96. The number of benzene rings is 1. The second-order valence-electron chi connectivity index (χ2n) is 5.83. The summed E-state index contributed by atoms with van der Waals surface area (Å²) in [5.41, 5.74) is 8.28. The summed E-state index contributed by atoms with van der Waals surface area (Å²) in [7, 11) is 3.80. The zero-order valence-electron chi connectivity index (χ0n) is 12.8. The Morgan fingerprint density at radius 2 is 2.19 bits per heavy atom. The van der Waals surface area contributed by atoms with Gasteiger partial charge in [0.15, 0.2) is 0 Å². The number of likely N-dealkylation sites (tertiary alicyclic amines) is 1. The van der Waals surface area contributed by atoms with Crippen molar-refractivity contribution in [3.63, 3.8) is 0 Å². The summed E-state index contributed by atoms with van der Waals surface area (Å²) in [4.78, 5) is 2.45. The Morgan fingerprint density at radius 1 is 1.38 bits per heavy atom. The lowest BCUT2D eigenvalue weighted by molar-refractivity contribution is 0.00987. The molecule has 0 amide bonds. The highest BCUT2D eigenvalue weighted by molar-refractivity contribution is 5.81. The molecule has 5 nitrogen and oxygen atoms in total. The molecule has 0 bridgehead atoms. The predicted octanol–water partition coefficient (Wildman–Crippen LogP) is 1.51. The van der Waals surface area contributed by atoms with Crippen molar-refractivity contribution in [1.82, 2.24) is 14.7 Å². The molecular weight excluding hydrogens is 264 g/mol. The molecular formula is C16H24N4O. The number of aromatic nitrogens is 2. The topological polar surface area (TPSA) is 56.3 Å². The van der Waals surface area contributed by atoms with Gasteiger partial charge in [-0.25, -0.2) is 0 Å². The van der Waals surface area contributed by atoms with Crippen LogP contribution in [0, 0.1) is 0 Å². The molecule has 1 aliphatic heterocycles. The Hall–Kier alpha value is -1.43. The van der Waals surface area contributed by atoms with Crippen LogP contribution >= 0.6 is 0 Å². The van der Waals surface area contributed by atoms with Gasteiger partial charge in [-0.1, -0.05) is 18.2 Å². The molecule has 21 heavy (non-hydrogen) atoms. The third-order valence-corrected chi connectivity index (χ3v) is 4.58. The number of para-hydroxylation sites is 1. The number of fused-ring (bicyclic) bond motifs is 1. The summed E-state index contributed by atoms with van der Waals surface area (Å²) in [5, 5.41) is 5.94. The van der Waals surface area contributed by atoms with Crippen molar-refractivity contribution in [3.8, 4) is 0 Å². The van der Waals surface area contributed by atoms with Crippen molar-refractivity contribution < 1.29 is 4.74 Å². The van der Waals surface area contributed by atoms with E-state index in [-0.39, 0.29) is 0 Å². The molecule has 5 heteroatoms. The number of hydrogen-bond acceptors (Lipinski definition) is 4. The van der Waals surface area contributed by atoms with Gasteiger partial charge in [0, 0.05) is 45.2 Å². The predicted molar refractivity (Wildman–Crippen MR) is 84.0 cm³/mol. The number of ether oxygens (including phenoxy) is 1. The maximum Gasteiger partial charge on any atom is 0.0843 e. The van der Waals surface area contributed by atoms with Crippen molar-refractivity contribution in [2.75, 3.05) is 20.2 Å². The molecule has 0 radical (unpaired) electrons. The third kappa shape index (κ3) is 2.81. The highest BCUT2D eigenvalue weighted by atomic mass is 16.5. The largest absolute Gasteiger partial charge is 0.381 e. The first-order chi connectivity index (χ1) is 10.2. The molecule has 2 aromatic rings. The van der Waals surface area contributed by atoms with E-state index in [9.17, 15) is 0 Å². The minimum Gasteiger partial charge on any atom is -0.381 e. The van der Waals surface area contributed by atoms with Crippen molar-refractivity contribution in [2.45, 2.75) is 31.5 Å². The van der Waals surface area contributed by atoms with Gasteiger partial charge in [-0.05, 0) is 18.9 Å². The number of piperidine rings is 1. The van der Waals surface area contributed by atoms with Gasteiger partial charge in [0.2, 0.25) is 0 Å². The van der Waals surface area contributed by atoms with Gasteiger partial charge in [0.1, 0.15) is 0 Å². The number of rotatable bonds is 4. The lowest BCUT2D eigenvalue weighted by atomic mass is 9.99. The molecule has 1 fully saturated rings. The Bertz CT molecular complexity index is 609. The Labute approximate surface area is 125 Å². The van der Waals surface area contributed by atoms with Crippen LogP contribution in [0.15, 0.2) is 24.3 Å². The zero-order chi connectivity index (χ0) is 14.8. The summed E-state index contributed by atoms with van der Waals surface area (Å²) in [6, 6.07) is 8.77. The zero-order valence-corrected chi connectivity index (χ0v) is 12.8. The smallest absolute Gasteiger partial charge is 0.0843 e. The fourth-order valence-electron chi connectivity index (χ4n) is 3.33. The average molecular weight is 288 g/mol. The summed E-state index contributed by atoms with van der Waals surface area (Å²) in [6.07, 6.45) is 2.42. The first kappa shape index (κ1) is 14.5. The van der Waals surface area contributed by atoms with Gasteiger partial charge in [-0.3, -0.25) is 9.58 Å². The molecule has 0 aliphatic carbocycles. The Kier molecular flexibility index (Phi) is 4.24. The Morgan fingerprint density at radius 3 is 2.95 bits per heavy atom. The first-order valence-corrected chi connectivity index (χ1v) is 7.60. The lowest BCUT2D eigenvalue weighted by Crippen LogP contribution is -2.48. The van der Waals surface area contributed by atoms with E-state index >= 15 is 0 Å². The Balaban J connectivity index is 1.81. The molecule has 1 aliphatic rings. The molecule has 0 spiro atoms. The minimum atomic E-state index is 0.343. The number of nitrogens with zero attached hydrogens (tertiary/aromatic N) is 3. The molecule has 0 saturated carbocycles. The highest BCUT2D eigenvalue weighted by Crippen LogP contribution is 2.24. The molecule has 1 aromatic heterocycles. The monoisotopic (exact) mass is 288 g/mol. The number of hydrogen-bond donors (Lipinski definition) is 1. The van der Waals surface area contributed by atoms with Crippen LogP contribution in [0.3, 0.4) is 0 Å². The van der Waals surface area contributed by atoms with Crippen LogP contribution in [0.5, 0.6) is 0 Å². The summed E-state index contributed by atoms with van der Waals surface area (Å²) in [6.45, 7) is 2.55. The number of aryl methyl sites for hydroxylation is 1. The molecule has 1 saturated heterocycles. The van der Waals surface area contributed by atoms with Crippen molar-refractivity contribution in [2.24, 2.45) is 12.8 Å². The standard InChI is InChI=1S/C16H24N4O/c1-19-16-6-4-3-5-14(16)15(18-19)11-20-8-7-13(21-2)9-12(20)10-17/h3-6,12-13H,7-11,17H2,1-2H3. The van der Waals surface area contributed by atoms with E-state index in [0.29, 0.717) is 18.7 Å². The fraction of sp³-hybridized carbons (Fsp3) is 0.562. The SMILES string of the molecule is COC1CCN(Cc2nn(C)c3ccccc23)C(CN)C1. The number of nitrogens with two attached hydrogens (primary N) is 1. The minimum absolute atomic E-state index is 0.343. The molecule has 2 atom stereocenters. The second kappa shape index (κ2) is 6.13. The van der Waals surface area contributed by atoms with E-state index in [1.807, 2.05) is 11.7 Å². The third-order valence-electron chi connectivity index (χ3n) is 4.58. The van der Waals surface area contributed by atoms with Gasteiger partial charge < -0.3 is 10.5 Å². The fourth-order valence-corrected chi connectivity index (χ4v) is 3.33. The van der Waals surface area contributed by atoms with Crippen LogP contribution in [0.1, 0.15) is 18.5 Å². The van der Waals surface area contributed by atoms with Gasteiger partial charge in [0.25, 0.3) is 0 Å². The van der Waals surface area contributed by atoms with Gasteiger partial charge in [-0.2, -0.15) is 5.10 Å². The van der Waals surface area contributed by atoms with Gasteiger partial charge >= 0.3 is 0 Å². The van der Waals surface area contributed by atoms with E-state index in [4.69, 9.17) is 15.6 Å². The van der Waals surface area contributed by atoms with E-state index in [0.717, 1.165) is 31.6 Å². The van der Waals surface area contributed by atoms with Gasteiger partial charge in [0.05, 0.1) is 17.3 Å². The first-order valence-electron chi connectivity index (χ1n) is 7.60. The van der Waals surface area contributed by atoms with Crippen LogP contribution in [0.25, 0.3) is 10.9 Å². The van der Waals surface area contributed by atoms with Crippen molar-refractivity contribution in [1.29, 1.82) is 0 Å². The quantitative estimate of drug-likeness (QED) is 0.926. The molecule has 114 valence electrons. The van der Waals surface area contributed by atoms with Crippen LogP contribution in [0.4, 0.5) is 0 Å². The highest BCUT2D eigenvalue weighted by Gasteiger charge is 2.28.